The molecule has 0 unspecified atom stereocenters. The summed E-state index contributed by atoms with van der Waals surface area (Å²) >= 11 is 1.93. The predicted octanol–water partition coefficient (Wildman–Crippen LogP) is 22.3. The van der Waals surface area contributed by atoms with Gasteiger partial charge in [-0.2, -0.15) is 0 Å². The van der Waals surface area contributed by atoms with Gasteiger partial charge < -0.3 is 9.47 Å². The van der Waals surface area contributed by atoms with Crippen molar-refractivity contribution in [2.75, 3.05) is 4.90 Å². The number of hydrogen-bond acceptors (Lipinski definition) is 2. The van der Waals surface area contributed by atoms with Crippen molar-refractivity contribution in [3.05, 3.63) is 338 Å². The highest BCUT2D eigenvalue weighted by atomic mass is 32.1. The number of anilines is 3. The number of rotatable bonds is 9. The lowest BCUT2D eigenvalue weighted by Crippen LogP contribution is -2.28. The Hall–Kier alpha value is -10.6. The Labute approximate surface area is 491 Å². The zero-order chi connectivity index (χ0) is 55.3. The van der Waals surface area contributed by atoms with E-state index in [2.05, 4.69) is 325 Å². The standard InChI is InChI=1S/C81H52N2S/c1-4-21-53(22-5-1)54-41-45-60(46-42-54)82(61-47-43-56(44-48-61)64-34-18-25-55-23-10-12-30-63(55)64)62-49-50-67-66-32-15-17-40-74(66)83(75(67)52-62)76-51-57-24-11-13-31-65(57)80-78(76)71-37-19-36-69(79(71)84-80)68-35-20-39-73-77(68)70-33-14-16-38-72(70)81(73,58-26-6-2-7-27-58)59-28-8-3-9-29-59/h1-52H. The van der Waals surface area contributed by atoms with Crippen molar-refractivity contribution in [2.24, 2.45) is 0 Å². The molecule has 84 heavy (non-hydrogen) atoms. The molecule has 0 fully saturated rings. The molecule has 0 aliphatic heterocycles. The lowest BCUT2D eigenvalue weighted by molar-refractivity contribution is 0.768. The normalized spacial score (nSPS) is 12.6. The molecular formula is C81H52N2S. The van der Waals surface area contributed by atoms with Crippen LogP contribution in [0.25, 0.3) is 114 Å². The van der Waals surface area contributed by atoms with Crippen molar-refractivity contribution in [1.29, 1.82) is 0 Å². The van der Waals surface area contributed by atoms with Gasteiger partial charge in [0.2, 0.25) is 0 Å². The fraction of sp³-hybridized carbons (Fsp3) is 0.0123. The van der Waals surface area contributed by atoms with Gasteiger partial charge in [-0.05, 0) is 131 Å². The van der Waals surface area contributed by atoms with Crippen LogP contribution in [0.2, 0.25) is 0 Å². The number of aromatic nitrogens is 1. The maximum Gasteiger partial charge on any atom is 0.0713 e. The zero-order valence-electron chi connectivity index (χ0n) is 45.8. The van der Waals surface area contributed by atoms with Gasteiger partial charge in [-0.25, -0.2) is 0 Å². The molecule has 1 aliphatic carbocycles. The van der Waals surface area contributed by atoms with Gasteiger partial charge in [-0.1, -0.05) is 267 Å². The fourth-order valence-corrected chi connectivity index (χ4v) is 15.6. The minimum absolute atomic E-state index is 0.501. The monoisotopic (exact) mass is 1080 g/mol. The first kappa shape index (κ1) is 48.2. The summed E-state index contributed by atoms with van der Waals surface area (Å²) in [6.45, 7) is 0. The third-order valence-electron chi connectivity index (χ3n) is 17.9. The highest BCUT2D eigenvalue weighted by molar-refractivity contribution is 7.27. The summed E-state index contributed by atoms with van der Waals surface area (Å²) in [6.07, 6.45) is 0. The smallest absolute Gasteiger partial charge is 0.0713 e. The van der Waals surface area contributed by atoms with E-state index < -0.39 is 5.41 Å². The van der Waals surface area contributed by atoms with Crippen LogP contribution in [-0.2, 0) is 5.41 Å². The third-order valence-corrected chi connectivity index (χ3v) is 19.1. The molecular weight excluding hydrogens is 1030 g/mol. The van der Waals surface area contributed by atoms with Gasteiger partial charge in [0.25, 0.3) is 0 Å². The summed E-state index contributed by atoms with van der Waals surface area (Å²) in [7, 11) is 0. The van der Waals surface area contributed by atoms with Gasteiger partial charge in [-0.15, -0.1) is 11.3 Å². The van der Waals surface area contributed by atoms with E-state index in [9.17, 15) is 0 Å². The van der Waals surface area contributed by atoms with Gasteiger partial charge in [0.15, 0.2) is 0 Å². The topological polar surface area (TPSA) is 8.17 Å². The van der Waals surface area contributed by atoms with Crippen LogP contribution in [0.15, 0.2) is 315 Å². The molecule has 0 saturated heterocycles. The summed E-state index contributed by atoms with van der Waals surface area (Å²) in [5.41, 5.74) is 21.3. The average Bonchev–Trinajstić information content (AvgIpc) is 2.30. The molecule has 16 aromatic rings. The van der Waals surface area contributed by atoms with E-state index >= 15 is 0 Å². The molecule has 0 atom stereocenters. The van der Waals surface area contributed by atoms with Crippen LogP contribution in [0, 0.1) is 0 Å². The summed E-state index contributed by atoms with van der Waals surface area (Å²) in [5.74, 6) is 0. The van der Waals surface area contributed by atoms with Crippen LogP contribution in [0.5, 0.6) is 0 Å². The number of para-hydroxylation sites is 1. The number of hydrogen-bond donors (Lipinski definition) is 0. The van der Waals surface area contributed by atoms with Crippen LogP contribution in [0.4, 0.5) is 17.1 Å². The first-order valence-corrected chi connectivity index (χ1v) is 29.8. The van der Waals surface area contributed by atoms with E-state index in [0.717, 1.165) is 22.6 Å². The predicted molar refractivity (Wildman–Crippen MR) is 357 cm³/mol. The van der Waals surface area contributed by atoms with Crippen molar-refractivity contribution in [2.45, 2.75) is 5.41 Å². The highest BCUT2D eigenvalue weighted by Gasteiger charge is 2.47. The number of fused-ring (bicyclic) bond motifs is 12. The van der Waals surface area contributed by atoms with E-state index in [1.165, 1.54) is 130 Å². The molecule has 1 aliphatic rings. The molecule has 0 bridgehead atoms. The lowest BCUT2D eigenvalue weighted by Gasteiger charge is -2.34. The first-order chi connectivity index (χ1) is 41.7. The molecule has 0 amide bonds. The number of benzene rings is 14. The molecule has 2 aromatic heterocycles. The molecule has 3 heteroatoms. The van der Waals surface area contributed by atoms with Gasteiger partial charge in [0.1, 0.15) is 0 Å². The third kappa shape index (κ3) is 7.29. The van der Waals surface area contributed by atoms with E-state index in [1.54, 1.807) is 0 Å². The lowest BCUT2D eigenvalue weighted by atomic mass is 9.67. The van der Waals surface area contributed by atoms with E-state index in [0.29, 0.717) is 0 Å². The van der Waals surface area contributed by atoms with Crippen molar-refractivity contribution < 1.29 is 0 Å². The quantitative estimate of drug-likeness (QED) is 0.140. The van der Waals surface area contributed by atoms with E-state index in [1.807, 2.05) is 11.3 Å². The molecule has 0 N–H and O–H groups in total. The van der Waals surface area contributed by atoms with E-state index in [4.69, 9.17) is 0 Å². The largest absolute Gasteiger partial charge is 0.310 e. The number of thiophene rings is 1. The van der Waals surface area contributed by atoms with Crippen LogP contribution in [-0.4, -0.2) is 4.57 Å². The summed E-state index contributed by atoms with van der Waals surface area (Å²) in [5, 5.41) is 9.91. The van der Waals surface area contributed by atoms with Crippen molar-refractivity contribution in [3.8, 4) is 50.2 Å². The SMILES string of the molecule is c1ccc(-c2ccc(N(c3ccc(-c4cccc5ccccc45)cc3)c3ccc4c5ccccc5n(-c5cc6ccccc6c6sc7c(-c8cccc9c8-c8ccccc8C9(c8ccccc8)c8ccccc8)cccc7c56)c4c3)cc2)cc1. The Morgan fingerprint density at radius 2 is 0.810 bits per heavy atom. The molecule has 392 valence electrons. The molecule has 0 spiro atoms. The van der Waals surface area contributed by atoms with Crippen molar-refractivity contribution in [3.63, 3.8) is 0 Å². The molecule has 2 nitrogen and oxygen atoms in total. The Morgan fingerprint density at radius 3 is 1.57 bits per heavy atom. The average molecular weight is 1090 g/mol. The van der Waals surface area contributed by atoms with Crippen LogP contribution < -0.4 is 4.90 Å². The Morgan fingerprint density at radius 1 is 0.298 bits per heavy atom. The second-order valence-electron chi connectivity index (χ2n) is 22.2. The second kappa shape index (κ2) is 19.3. The summed E-state index contributed by atoms with van der Waals surface area (Å²) < 4.78 is 5.13. The van der Waals surface area contributed by atoms with Crippen LogP contribution in [0.3, 0.4) is 0 Å². The molecule has 0 saturated carbocycles. The fourth-order valence-electron chi connectivity index (χ4n) is 14.2. The van der Waals surface area contributed by atoms with Crippen molar-refractivity contribution in [1.82, 2.24) is 4.57 Å². The molecule has 0 radical (unpaired) electrons. The van der Waals surface area contributed by atoms with Crippen LogP contribution >= 0.6 is 11.3 Å². The molecule has 14 aromatic carbocycles. The van der Waals surface area contributed by atoms with Gasteiger partial charge in [0.05, 0.1) is 22.1 Å². The Balaban J connectivity index is 0.887. The Kier molecular flexibility index (Phi) is 11.1. The number of nitrogens with zero attached hydrogens (tertiary/aromatic N) is 2. The Bertz CT molecular complexity index is 5190. The maximum absolute atomic E-state index is 2.56. The minimum atomic E-state index is -0.501. The minimum Gasteiger partial charge on any atom is -0.310 e. The maximum atomic E-state index is 2.56. The second-order valence-corrected chi connectivity index (χ2v) is 23.3. The van der Waals surface area contributed by atoms with Crippen LogP contribution in [0.1, 0.15) is 22.3 Å². The van der Waals surface area contributed by atoms with Gasteiger partial charge >= 0.3 is 0 Å². The zero-order valence-corrected chi connectivity index (χ0v) is 46.6. The highest BCUT2D eigenvalue weighted by Crippen LogP contribution is 2.59. The summed E-state index contributed by atoms with van der Waals surface area (Å²) in [6, 6.07) is 117. The van der Waals surface area contributed by atoms with Gasteiger partial charge in [0, 0.05) is 53.6 Å². The molecule has 2 heterocycles. The van der Waals surface area contributed by atoms with Gasteiger partial charge in [-0.3, -0.25) is 0 Å². The van der Waals surface area contributed by atoms with Crippen molar-refractivity contribution >= 4 is 91.9 Å². The molecule has 17 rings (SSSR count). The first-order valence-electron chi connectivity index (χ1n) is 29.0. The summed E-state index contributed by atoms with van der Waals surface area (Å²) in [4.78, 5) is 2.42. The van der Waals surface area contributed by atoms with E-state index in [-0.39, 0.29) is 0 Å².